The van der Waals surface area contributed by atoms with Crippen molar-refractivity contribution in [2.75, 3.05) is 0 Å². The molecule has 0 fully saturated rings. The molecule has 0 saturated heterocycles. The molecule has 26 heavy (non-hydrogen) atoms. The van der Waals surface area contributed by atoms with Crippen molar-refractivity contribution in [2.24, 2.45) is 5.16 Å². The van der Waals surface area contributed by atoms with Gasteiger partial charge in [0.1, 0.15) is 5.71 Å². The molecular formula is C22H23NO3. The SMILES string of the molecule is CC1(C)CCCc2ccc(C(C=Cc3ccc(C(=O)O)cc3)=NO)cc21. The highest BCUT2D eigenvalue weighted by atomic mass is 16.4. The van der Waals surface area contributed by atoms with Crippen LogP contribution in [0.4, 0.5) is 0 Å². The van der Waals surface area contributed by atoms with Gasteiger partial charge in [-0.05, 0) is 65.6 Å². The van der Waals surface area contributed by atoms with Crippen LogP contribution in [-0.2, 0) is 11.8 Å². The number of allylic oxidation sites excluding steroid dienone is 1. The Morgan fingerprint density at radius 1 is 1.12 bits per heavy atom. The maximum Gasteiger partial charge on any atom is 0.335 e. The van der Waals surface area contributed by atoms with Crippen LogP contribution in [0.1, 0.15) is 59.3 Å². The molecular weight excluding hydrogens is 326 g/mol. The number of aromatic carboxylic acids is 1. The second-order valence-electron chi connectivity index (χ2n) is 7.36. The minimum absolute atomic E-state index is 0.126. The number of nitrogens with zero attached hydrogens (tertiary/aromatic N) is 1. The van der Waals surface area contributed by atoms with Gasteiger partial charge in [-0.25, -0.2) is 4.79 Å². The first-order chi connectivity index (χ1) is 12.4. The van der Waals surface area contributed by atoms with E-state index in [1.54, 1.807) is 30.3 Å². The van der Waals surface area contributed by atoms with E-state index >= 15 is 0 Å². The van der Waals surface area contributed by atoms with E-state index < -0.39 is 5.97 Å². The zero-order valence-corrected chi connectivity index (χ0v) is 15.1. The van der Waals surface area contributed by atoms with Crippen molar-refractivity contribution in [3.8, 4) is 0 Å². The second kappa shape index (κ2) is 7.16. The van der Waals surface area contributed by atoms with Crippen molar-refractivity contribution in [3.63, 3.8) is 0 Å². The van der Waals surface area contributed by atoms with E-state index in [-0.39, 0.29) is 11.0 Å². The predicted molar refractivity (Wildman–Crippen MR) is 103 cm³/mol. The second-order valence-corrected chi connectivity index (χ2v) is 7.36. The highest BCUT2D eigenvalue weighted by Gasteiger charge is 2.27. The molecule has 2 aromatic carbocycles. The zero-order chi connectivity index (χ0) is 18.7. The Kier molecular flexibility index (Phi) is 4.94. The van der Waals surface area contributed by atoms with Crippen LogP contribution in [-0.4, -0.2) is 22.0 Å². The third kappa shape index (κ3) is 3.69. The highest BCUT2D eigenvalue weighted by Crippen LogP contribution is 2.37. The van der Waals surface area contributed by atoms with Crippen molar-refractivity contribution in [1.82, 2.24) is 0 Å². The van der Waals surface area contributed by atoms with Gasteiger partial charge in [0.25, 0.3) is 0 Å². The van der Waals surface area contributed by atoms with Gasteiger partial charge in [0.15, 0.2) is 0 Å². The number of oxime groups is 1. The van der Waals surface area contributed by atoms with Crippen molar-refractivity contribution in [2.45, 2.75) is 38.5 Å². The summed E-state index contributed by atoms with van der Waals surface area (Å²) in [6.07, 6.45) is 7.00. The van der Waals surface area contributed by atoms with Crippen LogP contribution in [0.15, 0.2) is 53.7 Å². The van der Waals surface area contributed by atoms with E-state index in [0.29, 0.717) is 5.71 Å². The van der Waals surface area contributed by atoms with E-state index in [1.165, 1.54) is 17.5 Å². The van der Waals surface area contributed by atoms with Crippen LogP contribution in [0.3, 0.4) is 0 Å². The van der Waals surface area contributed by atoms with E-state index in [2.05, 4.69) is 31.1 Å². The molecule has 1 aliphatic carbocycles. The van der Waals surface area contributed by atoms with E-state index in [9.17, 15) is 10.0 Å². The standard InChI is InChI=1S/C22H23NO3/c1-22(2)13-3-4-16-10-11-18(14-19(16)22)20(23-26)12-7-15-5-8-17(9-6-15)21(24)25/h5-12,14,26H,3-4,13H2,1-2H3,(H,24,25). The quantitative estimate of drug-likeness (QED) is 0.469. The Morgan fingerprint density at radius 2 is 1.81 bits per heavy atom. The monoisotopic (exact) mass is 349 g/mol. The minimum Gasteiger partial charge on any atom is -0.478 e. The number of aryl methyl sites for hydroxylation is 1. The molecule has 0 amide bonds. The Balaban J connectivity index is 1.87. The molecule has 0 radical (unpaired) electrons. The molecule has 4 nitrogen and oxygen atoms in total. The summed E-state index contributed by atoms with van der Waals surface area (Å²) in [4.78, 5) is 10.9. The van der Waals surface area contributed by atoms with E-state index in [1.807, 2.05) is 12.1 Å². The topological polar surface area (TPSA) is 69.9 Å². The summed E-state index contributed by atoms with van der Waals surface area (Å²) in [5.74, 6) is -0.949. The van der Waals surface area contributed by atoms with Gasteiger partial charge in [-0.3, -0.25) is 0 Å². The number of carbonyl (C=O) groups is 1. The van der Waals surface area contributed by atoms with Crippen LogP contribution in [0.25, 0.3) is 6.08 Å². The van der Waals surface area contributed by atoms with Crippen LogP contribution in [0.5, 0.6) is 0 Å². The van der Waals surface area contributed by atoms with Crippen LogP contribution >= 0.6 is 0 Å². The lowest BCUT2D eigenvalue weighted by Gasteiger charge is -2.33. The summed E-state index contributed by atoms with van der Waals surface area (Å²) in [7, 11) is 0. The molecule has 0 aromatic heterocycles. The smallest absolute Gasteiger partial charge is 0.335 e. The van der Waals surface area contributed by atoms with Crippen molar-refractivity contribution < 1.29 is 15.1 Å². The number of carboxylic acid groups (broad SMARTS) is 1. The first-order valence-electron chi connectivity index (χ1n) is 8.78. The van der Waals surface area contributed by atoms with Crippen LogP contribution in [0.2, 0.25) is 0 Å². The third-order valence-electron chi connectivity index (χ3n) is 5.08. The number of fused-ring (bicyclic) bond motifs is 1. The summed E-state index contributed by atoms with van der Waals surface area (Å²) in [5, 5.41) is 21.9. The molecule has 1 aliphatic rings. The fourth-order valence-corrected chi connectivity index (χ4v) is 3.54. The van der Waals surface area contributed by atoms with Gasteiger partial charge in [0, 0.05) is 5.56 Å². The van der Waals surface area contributed by atoms with E-state index in [0.717, 1.165) is 24.0 Å². The molecule has 0 bridgehead atoms. The lowest BCUT2D eigenvalue weighted by Crippen LogP contribution is -2.24. The van der Waals surface area contributed by atoms with E-state index in [4.69, 9.17) is 5.11 Å². The van der Waals surface area contributed by atoms with Gasteiger partial charge >= 0.3 is 5.97 Å². The number of hydrogen-bond donors (Lipinski definition) is 2. The normalized spacial score (nSPS) is 16.5. The highest BCUT2D eigenvalue weighted by molar-refractivity contribution is 6.10. The fraction of sp³-hybridized carbons (Fsp3) is 0.273. The molecule has 0 atom stereocenters. The lowest BCUT2D eigenvalue weighted by molar-refractivity contribution is 0.0697. The number of rotatable bonds is 4. The average molecular weight is 349 g/mol. The van der Waals surface area contributed by atoms with Crippen molar-refractivity contribution in [3.05, 3.63) is 76.4 Å². The molecule has 3 rings (SSSR count). The van der Waals surface area contributed by atoms with Gasteiger partial charge in [-0.15, -0.1) is 0 Å². The minimum atomic E-state index is -0.949. The van der Waals surface area contributed by atoms with Gasteiger partial charge in [-0.1, -0.05) is 49.3 Å². The van der Waals surface area contributed by atoms with Crippen molar-refractivity contribution in [1.29, 1.82) is 0 Å². The van der Waals surface area contributed by atoms with Crippen LogP contribution < -0.4 is 0 Å². The summed E-state index contributed by atoms with van der Waals surface area (Å²) in [5.41, 5.74) is 5.26. The van der Waals surface area contributed by atoms with Crippen molar-refractivity contribution >= 4 is 17.8 Å². The maximum absolute atomic E-state index is 10.9. The Morgan fingerprint density at radius 3 is 2.46 bits per heavy atom. The molecule has 0 heterocycles. The first-order valence-corrected chi connectivity index (χ1v) is 8.78. The average Bonchev–Trinajstić information content (AvgIpc) is 2.63. The molecule has 2 aromatic rings. The predicted octanol–water partition coefficient (Wildman–Crippen LogP) is 4.89. The first kappa shape index (κ1) is 17.9. The Labute approximate surface area is 153 Å². The molecule has 0 aliphatic heterocycles. The molecule has 0 saturated carbocycles. The number of carboxylic acids is 1. The summed E-state index contributed by atoms with van der Waals surface area (Å²) < 4.78 is 0. The largest absolute Gasteiger partial charge is 0.478 e. The van der Waals surface area contributed by atoms with Crippen LogP contribution in [0, 0.1) is 0 Å². The lowest BCUT2D eigenvalue weighted by atomic mass is 9.72. The third-order valence-corrected chi connectivity index (χ3v) is 5.08. The van der Waals surface area contributed by atoms with Gasteiger partial charge < -0.3 is 10.3 Å². The molecule has 134 valence electrons. The summed E-state index contributed by atoms with van der Waals surface area (Å²) in [6.45, 7) is 4.51. The van der Waals surface area contributed by atoms with Gasteiger partial charge in [-0.2, -0.15) is 0 Å². The van der Waals surface area contributed by atoms with Gasteiger partial charge in [0.2, 0.25) is 0 Å². The summed E-state index contributed by atoms with van der Waals surface area (Å²) in [6, 6.07) is 12.8. The Bertz CT molecular complexity index is 877. The number of hydrogen-bond acceptors (Lipinski definition) is 3. The summed E-state index contributed by atoms with van der Waals surface area (Å²) >= 11 is 0. The molecule has 0 spiro atoms. The molecule has 0 unspecified atom stereocenters. The zero-order valence-electron chi connectivity index (χ0n) is 15.1. The molecule has 4 heteroatoms. The number of benzene rings is 2. The fourth-order valence-electron chi connectivity index (χ4n) is 3.54. The maximum atomic E-state index is 10.9. The molecule has 2 N–H and O–H groups in total. The van der Waals surface area contributed by atoms with Gasteiger partial charge in [0.05, 0.1) is 5.56 Å². The Hall–Kier alpha value is -2.88.